The van der Waals surface area contributed by atoms with Gasteiger partial charge in [0.25, 0.3) is 0 Å². The Labute approximate surface area is 457 Å². The summed E-state index contributed by atoms with van der Waals surface area (Å²) in [5.74, 6) is -13.0. The molecule has 80 heavy (non-hydrogen) atoms. The van der Waals surface area contributed by atoms with Gasteiger partial charge in [-0.15, -0.1) is 0 Å². The number of carboxylic acids is 2. The fourth-order valence-corrected chi connectivity index (χ4v) is 7.78. The number of benzene rings is 3. The van der Waals surface area contributed by atoms with Crippen molar-refractivity contribution in [2.45, 2.75) is 108 Å². The van der Waals surface area contributed by atoms with Crippen molar-refractivity contribution in [3.05, 3.63) is 89.5 Å². The smallest absolute Gasteiger partial charge is 0.508 e. The average molecular weight is 1140 g/mol. The summed E-state index contributed by atoms with van der Waals surface area (Å²) in [5, 5.41) is 55.7. The number of carbonyl (C=O) groups excluding carboxylic acids is 8. The third kappa shape index (κ3) is 23.8. The van der Waals surface area contributed by atoms with Crippen LogP contribution in [0.2, 0.25) is 0 Å². The molecule has 0 aliphatic carbocycles. The zero-order valence-electron chi connectivity index (χ0n) is 43.4. The lowest BCUT2D eigenvalue weighted by molar-refractivity contribution is -0.142. The molecule has 3 aromatic rings. The van der Waals surface area contributed by atoms with Crippen molar-refractivity contribution in [1.29, 1.82) is 0 Å². The maximum Gasteiger partial charge on any atom is 0.524 e. The topological polar surface area (TPSA) is 519 Å². The van der Waals surface area contributed by atoms with E-state index >= 15 is 0 Å². The molecule has 0 bridgehead atoms. The monoisotopic (exact) mass is 1140 g/mol. The maximum atomic E-state index is 14.3. The lowest BCUT2D eigenvalue weighted by Crippen LogP contribution is -2.59. The first kappa shape index (κ1) is 65.4. The van der Waals surface area contributed by atoms with Gasteiger partial charge >= 0.3 is 19.8 Å². The van der Waals surface area contributed by atoms with Crippen LogP contribution in [0.3, 0.4) is 0 Å². The second-order valence-electron chi connectivity index (χ2n) is 18.3. The van der Waals surface area contributed by atoms with Crippen LogP contribution < -0.4 is 64.7 Å². The average Bonchev–Trinajstić information content (AvgIpc) is 3.37. The van der Waals surface area contributed by atoms with Gasteiger partial charge < -0.3 is 85.1 Å². The van der Waals surface area contributed by atoms with Gasteiger partial charge in [-0.1, -0.05) is 56.7 Å². The molecule has 0 radical (unpaired) electrons. The third-order valence-corrected chi connectivity index (χ3v) is 12.3. The first-order chi connectivity index (χ1) is 37.5. The summed E-state index contributed by atoms with van der Waals surface area (Å²) in [5.41, 5.74) is 23.1. The Kier molecular flexibility index (Phi) is 25.8. The van der Waals surface area contributed by atoms with E-state index in [-0.39, 0.29) is 66.1 Å². The van der Waals surface area contributed by atoms with Gasteiger partial charge in [0.05, 0.1) is 25.4 Å². The molecule has 30 nitrogen and oxygen atoms in total. The lowest BCUT2D eigenvalue weighted by Gasteiger charge is -2.26. The van der Waals surface area contributed by atoms with E-state index in [9.17, 15) is 82.7 Å². The second kappa shape index (κ2) is 31.5. The molecule has 0 fully saturated rings. The van der Waals surface area contributed by atoms with Gasteiger partial charge in [0.15, 0.2) is 5.96 Å². The van der Waals surface area contributed by atoms with Crippen LogP contribution in [0, 0.1) is 5.92 Å². The number of phenols is 2. The number of primary amides is 1. The van der Waals surface area contributed by atoms with E-state index < -0.39 is 142 Å². The molecule has 0 spiro atoms. The van der Waals surface area contributed by atoms with Crippen LogP contribution >= 0.6 is 7.82 Å². The highest BCUT2D eigenvalue weighted by atomic mass is 31.2. The molecular formula is C49H67N12O18P. The zero-order chi connectivity index (χ0) is 59.9. The molecule has 21 N–H and O–H groups in total. The minimum Gasteiger partial charge on any atom is -0.508 e. The number of carboxylic acid groups (broad SMARTS) is 2. The molecule has 0 saturated heterocycles. The molecule has 3 rings (SSSR count). The first-order valence-electron chi connectivity index (χ1n) is 24.6. The number of amides is 8. The molecule has 436 valence electrons. The number of hydrogen-bond acceptors (Lipinski definition) is 16. The van der Waals surface area contributed by atoms with Gasteiger partial charge in [0.2, 0.25) is 47.3 Å². The number of carbonyl (C=O) groups is 10. The number of phosphoric acid groups is 1. The first-order valence-corrected chi connectivity index (χ1v) is 26.1. The predicted octanol–water partition coefficient (Wildman–Crippen LogP) is -3.52. The van der Waals surface area contributed by atoms with Crippen LogP contribution in [0.5, 0.6) is 17.2 Å². The Morgan fingerprint density at radius 3 is 1.41 bits per heavy atom. The number of nitrogens with zero attached hydrogens (tertiary/aromatic N) is 1. The summed E-state index contributed by atoms with van der Waals surface area (Å²) >= 11 is 0. The minimum absolute atomic E-state index is 0.0117. The van der Waals surface area contributed by atoms with Crippen molar-refractivity contribution in [1.82, 2.24) is 37.2 Å². The largest absolute Gasteiger partial charge is 0.524 e. The Morgan fingerprint density at radius 1 is 0.588 bits per heavy atom. The molecule has 31 heteroatoms. The number of nitrogens with one attached hydrogen (secondary N) is 7. The van der Waals surface area contributed by atoms with Crippen LogP contribution in [0.25, 0.3) is 0 Å². The molecule has 0 aromatic heterocycles. The van der Waals surface area contributed by atoms with Crippen molar-refractivity contribution in [3.63, 3.8) is 0 Å². The molecule has 0 saturated carbocycles. The van der Waals surface area contributed by atoms with Crippen LogP contribution in [-0.2, 0) is 71.8 Å². The highest BCUT2D eigenvalue weighted by molar-refractivity contribution is 7.46. The summed E-state index contributed by atoms with van der Waals surface area (Å²) in [6.07, 6.45) is -2.61. The van der Waals surface area contributed by atoms with Gasteiger partial charge in [-0.05, 0) is 71.8 Å². The van der Waals surface area contributed by atoms with Gasteiger partial charge in [0, 0.05) is 25.8 Å². The molecule has 0 unspecified atom stereocenters. The van der Waals surface area contributed by atoms with Gasteiger partial charge in [-0.3, -0.25) is 57.9 Å². The van der Waals surface area contributed by atoms with Crippen molar-refractivity contribution >= 4 is 73.0 Å². The van der Waals surface area contributed by atoms with E-state index in [1.807, 2.05) is 0 Å². The fourth-order valence-electron chi connectivity index (χ4n) is 7.38. The van der Waals surface area contributed by atoms with Gasteiger partial charge in [-0.2, -0.15) is 0 Å². The standard InChI is InChI=1S/C49H67N12O18P/c1-3-25(2)41(51)47(73)61-35(20-27-8-14-30(63)15-9-27)45(71)60-36(22-38(50)64)42(68)55-24-39(65)56-37(23-40(66)67)46(72)59-34(19-26-6-12-29(62)13-7-26)44(70)58-33(21-28-10-16-31(17-11-28)79-80(76,77)78)43(69)57-32(48(74)75)5-4-18-54-49(52)53/h6-17,25,32-37,41,62-63H,3-5,18-24,51H2,1-2H3,(H2,50,64)(H,55,68)(H,56,65)(H,57,69)(H,58,70)(H,59,72)(H,60,71)(H,61,73)(H,66,67)(H,74,75)(H4,52,53,54)(H2,76,77,78)/t25-,32-,33-,34-,35-,36-,37-,41-/m0/s1. The summed E-state index contributed by atoms with van der Waals surface area (Å²) in [4.78, 5) is 155. The molecular weight excluding hydrogens is 1080 g/mol. The molecule has 8 atom stereocenters. The number of hydrogen-bond donors (Lipinski definition) is 17. The lowest BCUT2D eigenvalue weighted by atomic mass is 9.98. The second-order valence-corrected chi connectivity index (χ2v) is 19.4. The number of phenolic OH excluding ortho intramolecular Hbond substituents is 2. The quantitative estimate of drug-likeness (QED) is 0.0122. The van der Waals surface area contributed by atoms with E-state index in [4.69, 9.17) is 22.9 Å². The van der Waals surface area contributed by atoms with Crippen molar-refractivity contribution in [3.8, 4) is 17.2 Å². The molecule has 0 aliphatic rings. The predicted molar refractivity (Wildman–Crippen MR) is 282 cm³/mol. The SMILES string of the molecule is CC[C@H](C)[C@H](N)C(=O)N[C@@H](Cc1ccc(O)cc1)C(=O)N[C@@H](CC(N)=O)C(=O)NCC(=O)N[C@@H](CC(=O)O)C(=O)N[C@@H](Cc1ccc(O)cc1)C(=O)N[C@@H](Cc1ccc(OP(=O)(O)O)cc1)C(=O)N[C@@H](CCCN=C(N)N)C(=O)O. The number of rotatable bonds is 33. The minimum atomic E-state index is -4.99. The number of guanidine groups is 1. The summed E-state index contributed by atoms with van der Waals surface area (Å²) in [6, 6.07) is 4.39. The van der Waals surface area contributed by atoms with Crippen molar-refractivity contribution in [2.75, 3.05) is 13.1 Å². The van der Waals surface area contributed by atoms with Gasteiger partial charge in [-0.25, -0.2) is 9.36 Å². The van der Waals surface area contributed by atoms with Crippen LogP contribution in [-0.4, -0.2) is 151 Å². The van der Waals surface area contributed by atoms with E-state index in [2.05, 4.69) is 46.7 Å². The maximum absolute atomic E-state index is 14.3. The fraction of sp³-hybridized carbons (Fsp3) is 0.408. The number of aromatic hydroxyl groups is 2. The van der Waals surface area contributed by atoms with E-state index in [1.54, 1.807) is 13.8 Å². The van der Waals surface area contributed by atoms with E-state index in [0.717, 1.165) is 12.1 Å². The Bertz CT molecular complexity index is 2740. The number of aliphatic imine (C=N–C) groups is 1. The van der Waals surface area contributed by atoms with Gasteiger partial charge in [0.1, 0.15) is 53.5 Å². The summed E-state index contributed by atoms with van der Waals surface area (Å²) in [7, 11) is -4.99. The molecule has 3 aromatic carbocycles. The third-order valence-electron chi connectivity index (χ3n) is 11.9. The summed E-state index contributed by atoms with van der Waals surface area (Å²) in [6.45, 7) is 2.48. The zero-order valence-corrected chi connectivity index (χ0v) is 44.3. The molecule has 8 amide bonds. The van der Waals surface area contributed by atoms with Crippen LogP contribution in [0.4, 0.5) is 0 Å². The number of nitrogens with two attached hydrogens (primary N) is 4. The molecule has 0 aliphatic heterocycles. The van der Waals surface area contributed by atoms with E-state index in [1.165, 1.54) is 60.7 Å². The van der Waals surface area contributed by atoms with E-state index in [0.29, 0.717) is 12.0 Å². The van der Waals surface area contributed by atoms with Crippen molar-refractivity contribution < 1.29 is 87.2 Å². The summed E-state index contributed by atoms with van der Waals surface area (Å²) < 4.78 is 16.0. The van der Waals surface area contributed by atoms with Crippen molar-refractivity contribution in [2.24, 2.45) is 33.8 Å². The molecule has 0 heterocycles. The van der Waals surface area contributed by atoms with Crippen LogP contribution in [0.15, 0.2) is 77.8 Å². The Morgan fingerprint density at radius 2 is 1.00 bits per heavy atom. The normalized spacial score (nSPS) is 14.1. The Balaban J connectivity index is 1.90. The number of phosphoric ester groups is 1. The highest BCUT2D eigenvalue weighted by Crippen LogP contribution is 2.37. The Hall–Kier alpha value is -8.86. The highest BCUT2D eigenvalue weighted by Gasteiger charge is 2.34. The number of aliphatic carboxylic acids is 2. The van der Waals surface area contributed by atoms with Crippen LogP contribution in [0.1, 0.15) is 62.6 Å².